The lowest BCUT2D eigenvalue weighted by Crippen LogP contribution is -2.53. The minimum absolute atomic E-state index is 0.0864. The van der Waals surface area contributed by atoms with Crippen LogP contribution in [-0.4, -0.2) is 48.1 Å². The third-order valence-corrected chi connectivity index (χ3v) is 10.2. The van der Waals surface area contributed by atoms with E-state index >= 15 is 0 Å². The van der Waals surface area contributed by atoms with Gasteiger partial charge in [-0.05, 0) is 89.0 Å². The monoisotopic (exact) mass is 721 g/mol. The number of aryl methyl sites for hydroxylation is 1. The van der Waals surface area contributed by atoms with Gasteiger partial charge in [-0.15, -0.1) is 0 Å². The van der Waals surface area contributed by atoms with E-state index in [0.29, 0.717) is 37.0 Å². The topological polar surface area (TPSA) is 155 Å². The number of rotatable bonds is 13. The molecule has 54 heavy (non-hydrogen) atoms. The van der Waals surface area contributed by atoms with Gasteiger partial charge in [0.2, 0.25) is 17.4 Å². The Balaban J connectivity index is 1.11. The summed E-state index contributed by atoms with van der Waals surface area (Å²) in [6.45, 7) is 2.37. The van der Waals surface area contributed by atoms with Gasteiger partial charge in [-0.1, -0.05) is 97.1 Å². The molecule has 3 amide bonds. The second kappa shape index (κ2) is 16.2. The second-order valence-corrected chi connectivity index (χ2v) is 13.8. The van der Waals surface area contributed by atoms with E-state index in [1.54, 1.807) is 12.1 Å². The zero-order valence-corrected chi connectivity index (χ0v) is 30.1. The number of carbonyl (C=O) groups excluding carboxylic acids is 3. The summed E-state index contributed by atoms with van der Waals surface area (Å²) in [6, 6.07) is 34.7. The highest BCUT2D eigenvalue weighted by Gasteiger charge is 2.31. The highest BCUT2D eigenvalue weighted by atomic mass is 16.5. The molecule has 1 aliphatic rings. The second-order valence-electron chi connectivity index (χ2n) is 13.8. The fraction of sp³-hybridized carbons (Fsp3) is 0.227. The van der Waals surface area contributed by atoms with Crippen molar-refractivity contribution in [3.8, 4) is 11.1 Å². The van der Waals surface area contributed by atoms with Crippen molar-refractivity contribution >= 4 is 45.3 Å². The molecule has 10 heteroatoms. The van der Waals surface area contributed by atoms with E-state index < -0.39 is 30.0 Å². The van der Waals surface area contributed by atoms with Gasteiger partial charge < -0.3 is 31.4 Å². The number of aromatic nitrogens is 1. The first-order chi connectivity index (χ1) is 26.3. The predicted molar refractivity (Wildman–Crippen MR) is 212 cm³/mol. The number of aromatic amines is 1. The number of fused-ring (bicyclic) bond motifs is 5. The first-order valence-corrected chi connectivity index (χ1v) is 18.3. The molecule has 2 atom stereocenters. The van der Waals surface area contributed by atoms with Crippen LogP contribution in [0.4, 0.5) is 10.5 Å². The number of alkyl carbamates (subject to hydrolysis) is 1. The summed E-state index contributed by atoms with van der Waals surface area (Å²) in [5.41, 5.74) is 12.7. The summed E-state index contributed by atoms with van der Waals surface area (Å²) >= 11 is 0. The SMILES string of the molecule is Cc1cc(=O)[nH]c2cc(NC(=O)[C@H](CCCCN)NC(=O)[C@H](Cc3cccc4ccccc34)NC(=O)OCC3c4ccccc4-c4ccccc43)ccc12. The third-order valence-electron chi connectivity index (χ3n) is 10.2. The summed E-state index contributed by atoms with van der Waals surface area (Å²) in [6.07, 6.45) is 0.998. The molecule has 6 aromatic rings. The first kappa shape index (κ1) is 36.1. The molecule has 1 aromatic heterocycles. The van der Waals surface area contributed by atoms with E-state index in [4.69, 9.17) is 10.5 Å². The summed E-state index contributed by atoms with van der Waals surface area (Å²) in [5.74, 6) is -1.11. The molecule has 1 aliphatic carbocycles. The molecule has 0 bridgehead atoms. The van der Waals surface area contributed by atoms with Gasteiger partial charge in [0.1, 0.15) is 18.7 Å². The zero-order valence-electron chi connectivity index (χ0n) is 30.1. The van der Waals surface area contributed by atoms with Crippen molar-refractivity contribution < 1.29 is 19.1 Å². The summed E-state index contributed by atoms with van der Waals surface area (Å²) in [7, 11) is 0. The van der Waals surface area contributed by atoms with Gasteiger partial charge >= 0.3 is 6.09 Å². The van der Waals surface area contributed by atoms with Crippen molar-refractivity contribution in [1.82, 2.24) is 15.6 Å². The van der Waals surface area contributed by atoms with Crippen LogP contribution >= 0.6 is 0 Å². The Morgan fingerprint density at radius 3 is 2.22 bits per heavy atom. The summed E-state index contributed by atoms with van der Waals surface area (Å²) < 4.78 is 5.86. The van der Waals surface area contributed by atoms with Crippen LogP contribution < -0.4 is 27.2 Å². The lowest BCUT2D eigenvalue weighted by molar-refractivity contribution is -0.128. The minimum atomic E-state index is -1.06. The van der Waals surface area contributed by atoms with Crippen molar-refractivity contribution in [2.75, 3.05) is 18.5 Å². The van der Waals surface area contributed by atoms with Gasteiger partial charge in [0.05, 0.1) is 5.52 Å². The van der Waals surface area contributed by atoms with E-state index in [1.807, 2.05) is 91.9 Å². The van der Waals surface area contributed by atoms with Crippen LogP contribution in [0, 0.1) is 6.92 Å². The van der Waals surface area contributed by atoms with E-state index in [0.717, 1.165) is 49.5 Å². The van der Waals surface area contributed by atoms with Crippen LogP contribution in [0.5, 0.6) is 0 Å². The smallest absolute Gasteiger partial charge is 0.407 e. The van der Waals surface area contributed by atoms with Crippen molar-refractivity contribution in [1.29, 1.82) is 0 Å². The van der Waals surface area contributed by atoms with Gasteiger partial charge in [0, 0.05) is 29.5 Å². The Labute approximate surface area is 313 Å². The number of nitrogens with one attached hydrogen (secondary N) is 4. The summed E-state index contributed by atoms with van der Waals surface area (Å²) in [5, 5.41) is 11.5. The number of nitrogens with two attached hydrogens (primary N) is 1. The van der Waals surface area contributed by atoms with Crippen LogP contribution in [-0.2, 0) is 20.7 Å². The quantitative estimate of drug-likeness (QED) is 0.0838. The number of hydrogen-bond donors (Lipinski definition) is 5. The maximum absolute atomic E-state index is 14.2. The lowest BCUT2D eigenvalue weighted by atomic mass is 9.98. The van der Waals surface area contributed by atoms with Crippen LogP contribution in [0.2, 0.25) is 0 Å². The number of benzene rings is 5. The third kappa shape index (κ3) is 7.89. The molecule has 0 radical (unpaired) electrons. The Hall–Kier alpha value is -6.26. The maximum atomic E-state index is 14.2. The first-order valence-electron chi connectivity index (χ1n) is 18.3. The van der Waals surface area contributed by atoms with E-state index in [9.17, 15) is 19.2 Å². The molecule has 0 spiro atoms. The van der Waals surface area contributed by atoms with Gasteiger partial charge in [-0.3, -0.25) is 14.4 Å². The van der Waals surface area contributed by atoms with Crippen molar-refractivity contribution in [2.45, 2.75) is 50.6 Å². The van der Waals surface area contributed by atoms with Crippen LogP contribution in [0.15, 0.2) is 120 Å². The molecule has 0 unspecified atom stereocenters. The van der Waals surface area contributed by atoms with Gasteiger partial charge in [0.25, 0.3) is 0 Å². The average Bonchev–Trinajstić information content (AvgIpc) is 3.49. The standard InChI is InChI=1S/C44H43N5O5/c1-27-23-41(50)47-39-25-30(20-21-31(27)39)46-42(51)38(19-8-9-22-45)48-43(52)40(24-29-13-10-12-28-11-2-3-14-32(28)29)49-44(53)54-26-37-35-17-6-4-15-33(35)34-16-5-7-18-36(34)37/h2-7,10-18,20-21,23,25,37-38,40H,8-9,19,22,24,26,45H2,1H3,(H,46,51)(H,47,50)(H,48,52)(H,49,53)/t38-,40-/m0/s1. The van der Waals surface area contributed by atoms with Gasteiger partial charge in [0.15, 0.2) is 0 Å². The normalized spacial score (nSPS) is 13.1. The molecule has 6 N–H and O–H groups in total. The van der Waals surface area contributed by atoms with Crippen molar-refractivity contribution in [2.24, 2.45) is 5.73 Å². The largest absolute Gasteiger partial charge is 0.449 e. The van der Waals surface area contributed by atoms with Gasteiger partial charge in [-0.2, -0.15) is 0 Å². The molecular formula is C44H43N5O5. The van der Waals surface area contributed by atoms with Crippen LogP contribution in [0.3, 0.4) is 0 Å². The highest BCUT2D eigenvalue weighted by Crippen LogP contribution is 2.44. The van der Waals surface area contributed by atoms with Crippen molar-refractivity contribution in [3.05, 3.63) is 148 Å². The molecule has 7 rings (SSSR count). The maximum Gasteiger partial charge on any atom is 0.407 e. The number of H-pyrrole nitrogens is 1. The summed E-state index contributed by atoms with van der Waals surface area (Å²) in [4.78, 5) is 56.6. The predicted octanol–water partition coefficient (Wildman–Crippen LogP) is 6.69. The van der Waals surface area contributed by atoms with Crippen molar-refractivity contribution in [3.63, 3.8) is 0 Å². The number of hydrogen-bond acceptors (Lipinski definition) is 6. The van der Waals surface area contributed by atoms with Gasteiger partial charge in [-0.25, -0.2) is 4.79 Å². The highest BCUT2D eigenvalue weighted by molar-refractivity contribution is 6.00. The van der Waals surface area contributed by atoms with Crippen LogP contribution in [0.1, 0.15) is 47.4 Å². The Morgan fingerprint density at radius 2 is 1.46 bits per heavy atom. The molecule has 0 saturated heterocycles. The molecular weight excluding hydrogens is 679 g/mol. The number of carbonyl (C=O) groups is 3. The van der Waals surface area contributed by atoms with Crippen LogP contribution in [0.25, 0.3) is 32.8 Å². The zero-order chi connectivity index (χ0) is 37.6. The number of ether oxygens (including phenoxy) is 1. The lowest BCUT2D eigenvalue weighted by Gasteiger charge is -2.24. The molecule has 0 saturated carbocycles. The molecule has 1 heterocycles. The Kier molecular flexibility index (Phi) is 10.8. The number of amides is 3. The Morgan fingerprint density at radius 1 is 0.759 bits per heavy atom. The number of anilines is 1. The minimum Gasteiger partial charge on any atom is -0.449 e. The Bertz CT molecular complexity index is 2350. The average molecular weight is 722 g/mol. The van der Waals surface area contributed by atoms with E-state index in [1.165, 1.54) is 6.07 Å². The number of pyridine rings is 1. The molecule has 0 fully saturated rings. The van der Waals surface area contributed by atoms with E-state index in [-0.39, 0.29) is 24.5 Å². The molecule has 0 aliphatic heterocycles. The number of unbranched alkanes of at least 4 members (excludes halogenated alkanes) is 1. The molecule has 5 aromatic carbocycles. The van der Waals surface area contributed by atoms with E-state index in [2.05, 4.69) is 33.1 Å². The fourth-order valence-electron chi connectivity index (χ4n) is 7.46. The molecule has 274 valence electrons. The fourth-order valence-corrected chi connectivity index (χ4v) is 7.46. The molecule has 10 nitrogen and oxygen atoms in total.